The van der Waals surface area contributed by atoms with E-state index in [9.17, 15) is 4.79 Å². The highest BCUT2D eigenvalue weighted by molar-refractivity contribution is 9.10. The number of ether oxygens (including phenoxy) is 2. The van der Waals surface area contributed by atoms with Crippen molar-refractivity contribution < 1.29 is 14.3 Å². The number of carbonyl (C=O) groups is 1. The zero-order chi connectivity index (χ0) is 16.9. The van der Waals surface area contributed by atoms with E-state index in [1.807, 2.05) is 24.3 Å². The first-order valence-electron chi connectivity index (χ1n) is 7.70. The Balaban J connectivity index is 1.57. The Hall–Kier alpha value is -1.96. The van der Waals surface area contributed by atoms with Crippen molar-refractivity contribution in [2.75, 3.05) is 11.9 Å². The van der Waals surface area contributed by atoms with E-state index in [0.29, 0.717) is 30.3 Å². The number of aromatic nitrogens is 1. The monoisotopic (exact) mass is 391 g/mol. The molecule has 1 aliphatic heterocycles. The van der Waals surface area contributed by atoms with Crippen LogP contribution in [0.2, 0.25) is 0 Å². The summed E-state index contributed by atoms with van der Waals surface area (Å²) in [6, 6.07) is 10.9. The van der Waals surface area contributed by atoms with Gasteiger partial charge in [0.25, 0.3) is 5.91 Å². The Bertz CT molecular complexity index is 708. The quantitative estimate of drug-likeness (QED) is 0.817. The van der Waals surface area contributed by atoms with Crippen LogP contribution in [0.15, 0.2) is 47.1 Å². The van der Waals surface area contributed by atoms with Crippen LogP contribution in [-0.2, 0) is 9.53 Å². The Morgan fingerprint density at radius 2 is 2.25 bits per heavy atom. The van der Waals surface area contributed by atoms with Crippen molar-refractivity contribution in [3.63, 3.8) is 0 Å². The maximum atomic E-state index is 12.1. The topological polar surface area (TPSA) is 86.5 Å². The van der Waals surface area contributed by atoms with Gasteiger partial charge in [0.05, 0.1) is 18.0 Å². The molecule has 1 saturated heterocycles. The second-order valence-corrected chi connectivity index (χ2v) is 6.41. The van der Waals surface area contributed by atoms with E-state index >= 15 is 0 Å². The van der Waals surface area contributed by atoms with Crippen LogP contribution in [0.3, 0.4) is 0 Å². The molecule has 3 rings (SSSR count). The molecular weight excluding hydrogens is 374 g/mol. The first kappa shape index (κ1) is 16.9. The molecule has 1 amide bonds. The number of nitrogens with two attached hydrogens (primary N) is 1. The van der Waals surface area contributed by atoms with Crippen molar-refractivity contribution in [3.8, 4) is 11.6 Å². The molecule has 1 fully saturated rings. The second-order valence-electron chi connectivity index (χ2n) is 5.49. The Kier molecular flexibility index (Phi) is 5.44. The first-order valence-corrected chi connectivity index (χ1v) is 8.49. The van der Waals surface area contributed by atoms with E-state index in [2.05, 4.69) is 26.2 Å². The van der Waals surface area contributed by atoms with Crippen molar-refractivity contribution in [1.29, 1.82) is 0 Å². The lowest BCUT2D eigenvalue weighted by molar-refractivity contribution is -0.126. The van der Waals surface area contributed by atoms with Crippen molar-refractivity contribution >= 4 is 27.5 Å². The van der Waals surface area contributed by atoms with Gasteiger partial charge < -0.3 is 20.5 Å². The number of amides is 1. The van der Waals surface area contributed by atoms with Crippen LogP contribution in [0.25, 0.3) is 0 Å². The van der Waals surface area contributed by atoms with Crippen LogP contribution in [0.5, 0.6) is 11.6 Å². The van der Waals surface area contributed by atoms with Gasteiger partial charge in [-0.2, -0.15) is 0 Å². The minimum absolute atomic E-state index is 0.0279. The highest BCUT2D eigenvalue weighted by Crippen LogP contribution is 2.24. The summed E-state index contributed by atoms with van der Waals surface area (Å²) in [5, 5.41) is 2.80. The van der Waals surface area contributed by atoms with Gasteiger partial charge in [-0.25, -0.2) is 4.98 Å². The van der Waals surface area contributed by atoms with Gasteiger partial charge in [-0.05, 0) is 37.1 Å². The van der Waals surface area contributed by atoms with Crippen LogP contribution >= 0.6 is 15.9 Å². The Morgan fingerprint density at radius 1 is 1.38 bits per heavy atom. The van der Waals surface area contributed by atoms with Crippen LogP contribution in [0.4, 0.5) is 5.69 Å². The summed E-state index contributed by atoms with van der Waals surface area (Å²) in [4.78, 5) is 16.3. The molecule has 0 bridgehead atoms. The number of halogens is 1. The van der Waals surface area contributed by atoms with E-state index < -0.39 is 6.10 Å². The summed E-state index contributed by atoms with van der Waals surface area (Å²) in [5.74, 6) is 0.959. The van der Waals surface area contributed by atoms with Crippen LogP contribution in [0.1, 0.15) is 12.8 Å². The summed E-state index contributed by atoms with van der Waals surface area (Å²) in [6.45, 7) is 0.437. The summed E-state index contributed by atoms with van der Waals surface area (Å²) in [6.07, 6.45) is 2.58. The van der Waals surface area contributed by atoms with Crippen molar-refractivity contribution in [2.24, 2.45) is 5.73 Å². The second kappa shape index (κ2) is 7.74. The summed E-state index contributed by atoms with van der Waals surface area (Å²) < 4.78 is 12.2. The minimum Gasteiger partial charge on any atom is -0.439 e. The molecule has 2 aromatic rings. The van der Waals surface area contributed by atoms with Gasteiger partial charge in [0.15, 0.2) is 0 Å². The smallest absolute Gasteiger partial charge is 0.253 e. The summed E-state index contributed by atoms with van der Waals surface area (Å²) in [5.41, 5.74) is 6.15. The zero-order valence-corrected chi connectivity index (χ0v) is 14.5. The molecule has 3 N–H and O–H groups in total. The highest BCUT2D eigenvalue weighted by Gasteiger charge is 2.29. The van der Waals surface area contributed by atoms with E-state index in [-0.39, 0.29) is 12.0 Å². The summed E-state index contributed by atoms with van der Waals surface area (Å²) in [7, 11) is 0. The van der Waals surface area contributed by atoms with E-state index in [0.717, 1.165) is 10.9 Å². The predicted octanol–water partition coefficient (Wildman–Crippen LogP) is 3.08. The number of hydrogen-bond acceptors (Lipinski definition) is 5. The van der Waals surface area contributed by atoms with Crippen molar-refractivity contribution in [3.05, 3.63) is 47.1 Å². The lowest BCUT2D eigenvalue weighted by Gasteiger charge is -2.12. The number of nitrogens with zero attached hydrogens (tertiary/aromatic N) is 1. The molecule has 0 saturated carbocycles. The van der Waals surface area contributed by atoms with Crippen molar-refractivity contribution in [2.45, 2.75) is 25.0 Å². The van der Waals surface area contributed by atoms with Gasteiger partial charge in [0.2, 0.25) is 5.88 Å². The number of rotatable bonds is 5. The third-order valence-corrected chi connectivity index (χ3v) is 4.18. The Labute approximate surface area is 148 Å². The molecule has 2 heterocycles. The number of pyridine rings is 1. The fraction of sp³-hybridized carbons (Fsp3) is 0.294. The number of anilines is 1. The van der Waals surface area contributed by atoms with E-state index in [1.54, 1.807) is 18.3 Å². The number of nitrogens with one attached hydrogen (secondary N) is 1. The molecule has 1 aromatic carbocycles. The van der Waals surface area contributed by atoms with Gasteiger partial charge in [-0.3, -0.25) is 4.79 Å². The lowest BCUT2D eigenvalue weighted by Crippen LogP contribution is -2.29. The number of carbonyl (C=O) groups excluding carboxylic acids is 1. The average Bonchev–Trinajstić information content (AvgIpc) is 3.06. The molecule has 6 nitrogen and oxygen atoms in total. The standard InChI is InChI=1S/C17H18BrN3O3/c18-11-2-1-3-13(8-11)24-16-7-4-12(10-20-16)21-17(22)15-6-5-14(9-19)23-15/h1-4,7-8,10,14-15H,5-6,9,19H2,(H,21,22)/t14-,15+/m1/s1. The highest BCUT2D eigenvalue weighted by atomic mass is 79.9. The molecule has 7 heteroatoms. The first-order chi connectivity index (χ1) is 11.6. The molecule has 24 heavy (non-hydrogen) atoms. The molecule has 0 aliphatic carbocycles. The minimum atomic E-state index is -0.448. The third kappa shape index (κ3) is 4.31. The molecule has 126 valence electrons. The number of benzene rings is 1. The third-order valence-electron chi connectivity index (χ3n) is 3.69. The fourth-order valence-corrected chi connectivity index (χ4v) is 2.84. The fourth-order valence-electron chi connectivity index (χ4n) is 2.46. The van der Waals surface area contributed by atoms with Gasteiger partial charge in [-0.15, -0.1) is 0 Å². The summed E-state index contributed by atoms with van der Waals surface area (Å²) >= 11 is 3.39. The normalized spacial score (nSPS) is 19.9. The number of hydrogen-bond donors (Lipinski definition) is 2. The van der Waals surface area contributed by atoms with Gasteiger partial charge in [0.1, 0.15) is 11.9 Å². The average molecular weight is 392 g/mol. The molecule has 1 aliphatic rings. The molecule has 0 spiro atoms. The van der Waals surface area contributed by atoms with Gasteiger partial charge in [-0.1, -0.05) is 22.0 Å². The maximum absolute atomic E-state index is 12.1. The molecule has 0 unspecified atom stereocenters. The molecule has 1 aromatic heterocycles. The molecular formula is C17H18BrN3O3. The van der Waals surface area contributed by atoms with Crippen LogP contribution in [-0.4, -0.2) is 29.6 Å². The SMILES string of the molecule is NC[C@H]1CC[C@@H](C(=O)Nc2ccc(Oc3cccc(Br)c3)nc2)O1. The Morgan fingerprint density at radius 3 is 2.92 bits per heavy atom. The van der Waals surface area contributed by atoms with Crippen molar-refractivity contribution in [1.82, 2.24) is 4.98 Å². The predicted molar refractivity (Wildman–Crippen MR) is 94.0 cm³/mol. The zero-order valence-electron chi connectivity index (χ0n) is 12.9. The van der Waals surface area contributed by atoms with Crippen LogP contribution in [0, 0.1) is 0 Å². The largest absolute Gasteiger partial charge is 0.439 e. The van der Waals surface area contributed by atoms with E-state index in [1.165, 1.54) is 0 Å². The maximum Gasteiger partial charge on any atom is 0.253 e. The molecule has 0 radical (unpaired) electrons. The van der Waals surface area contributed by atoms with Crippen LogP contribution < -0.4 is 15.8 Å². The van der Waals surface area contributed by atoms with Gasteiger partial charge >= 0.3 is 0 Å². The van der Waals surface area contributed by atoms with Gasteiger partial charge in [0, 0.05) is 17.1 Å². The lowest BCUT2D eigenvalue weighted by atomic mass is 10.2. The molecule has 2 atom stereocenters. The van der Waals surface area contributed by atoms with E-state index in [4.69, 9.17) is 15.2 Å².